The van der Waals surface area contributed by atoms with Gasteiger partial charge < -0.3 is 20.5 Å². The normalized spacial score (nSPS) is 15.2. The third kappa shape index (κ3) is 5.93. The number of aliphatic hydroxyl groups is 1. The van der Waals surface area contributed by atoms with Crippen molar-refractivity contribution in [2.75, 3.05) is 18.5 Å². The molecule has 0 saturated heterocycles. The fourth-order valence-corrected chi connectivity index (χ4v) is 2.19. The second-order valence-electron chi connectivity index (χ2n) is 5.80. The second-order valence-corrected chi connectivity index (χ2v) is 5.80. The molecule has 5 heteroatoms. The Morgan fingerprint density at radius 2 is 2.09 bits per heavy atom. The summed E-state index contributed by atoms with van der Waals surface area (Å²) in [5.41, 5.74) is 0.725. The number of aliphatic hydroxyl groups excluding tert-OH is 1. The summed E-state index contributed by atoms with van der Waals surface area (Å²) in [7, 11) is 0. The molecule has 1 aromatic rings. The fourth-order valence-electron chi connectivity index (χ4n) is 2.19. The third-order valence-electron chi connectivity index (χ3n) is 3.77. The molecular weight excluding hydrogens is 280 g/mol. The highest BCUT2D eigenvalue weighted by molar-refractivity contribution is 5.89. The predicted octanol–water partition coefficient (Wildman–Crippen LogP) is 3.15. The van der Waals surface area contributed by atoms with Crippen LogP contribution in [0.4, 0.5) is 10.5 Å². The maximum absolute atomic E-state index is 11.7. The number of ether oxygens (including phenoxy) is 1. The average molecular weight is 306 g/mol. The van der Waals surface area contributed by atoms with Gasteiger partial charge in [0.15, 0.2) is 0 Å². The zero-order valence-corrected chi connectivity index (χ0v) is 13.2. The highest BCUT2D eigenvalue weighted by Crippen LogP contribution is 2.33. The largest absolute Gasteiger partial charge is 0.494 e. The molecule has 0 unspecified atom stereocenters. The first-order valence-electron chi connectivity index (χ1n) is 8.15. The smallest absolute Gasteiger partial charge is 0.319 e. The Labute approximate surface area is 132 Å². The minimum Gasteiger partial charge on any atom is -0.494 e. The summed E-state index contributed by atoms with van der Waals surface area (Å²) in [5.74, 6) is 1.26. The van der Waals surface area contributed by atoms with E-state index in [0.29, 0.717) is 25.5 Å². The summed E-state index contributed by atoms with van der Waals surface area (Å²) in [6.07, 6.45) is 4.70. The maximum Gasteiger partial charge on any atom is 0.319 e. The zero-order chi connectivity index (χ0) is 15.8. The summed E-state index contributed by atoms with van der Waals surface area (Å²) in [5, 5.41) is 15.3. The van der Waals surface area contributed by atoms with Gasteiger partial charge >= 0.3 is 6.03 Å². The fraction of sp³-hybridized carbons (Fsp3) is 0.588. The van der Waals surface area contributed by atoms with Crippen LogP contribution in [0.2, 0.25) is 0 Å². The van der Waals surface area contributed by atoms with Gasteiger partial charge in [0, 0.05) is 12.2 Å². The van der Waals surface area contributed by atoms with E-state index in [9.17, 15) is 9.90 Å². The first-order chi connectivity index (χ1) is 10.7. The Bertz CT molecular complexity index is 457. The van der Waals surface area contributed by atoms with E-state index >= 15 is 0 Å². The number of nitrogens with one attached hydrogen (secondary N) is 2. The lowest BCUT2D eigenvalue weighted by atomic mass is 10.2. The quantitative estimate of drug-likeness (QED) is 0.614. The van der Waals surface area contributed by atoms with Gasteiger partial charge in [-0.3, -0.25) is 0 Å². The van der Waals surface area contributed by atoms with Gasteiger partial charge in [-0.05, 0) is 55.9 Å². The van der Waals surface area contributed by atoms with Gasteiger partial charge in [0.05, 0.1) is 12.7 Å². The van der Waals surface area contributed by atoms with Crippen molar-refractivity contribution >= 4 is 11.7 Å². The Balaban J connectivity index is 1.65. The van der Waals surface area contributed by atoms with Gasteiger partial charge in [0.2, 0.25) is 0 Å². The van der Waals surface area contributed by atoms with Crippen LogP contribution in [-0.4, -0.2) is 30.4 Å². The van der Waals surface area contributed by atoms with Crippen LogP contribution in [0.5, 0.6) is 5.75 Å². The minimum absolute atomic E-state index is 0.248. The summed E-state index contributed by atoms with van der Waals surface area (Å²) in [6.45, 7) is 3.33. The third-order valence-corrected chi connectivity index (χ3v) is 3.77. The summed E-state index contributed by atoms with van der Waals surface area (Å²) < 4.78 is 5.57. The number of carbonyl (C=O) groups is 1. The number of benzene rings is 1. The van der Waals surface area contributed by atoms with E-state index in [1.165, 1.54) is 0 Å². The molecule has 2 rings (SSSR count). The summed E-state index contributed by atoms with van der Waals surface area (Å²) in [4.78, 5) is 11.7. The SMILES string of the molecule is CCCCOc1ccc(NC(=O)NCC[C@@H](O)C2CC2)cc1. The van der Waals surface area contributed by atoms with Crippen LogP contribution in [0.25, 0.3) is 0 Å². The van der Waals surface area contributed by atoms with E-state index in [0.717, 1.165) is 37.1 Å². The van der Waals surface area contributed by atoms with Crippen molar-refractivity contribution in [2.24, 2.45) is 5.92 Å². The molecule has 1 saturated carbocycles. The van der Waals surface area contributed by atoms with Gasteiger partial charge in [0.1, 0.15) is 5.75 Å². The number of hydrogen-bond donors (Lipinski definition) is 3. The molecule has 0 aromatic heterocycles. The Kier molecular flexibility index (Phi) is 6.52. The molecule has 3 N–H and O–H groups in total. The predicted molar refractivity (Wildman–Crippen MR) is 87.2 cm³/mol. The van der Waals surface area contributed by atoms with E-state index in [4.69, 9.17) is 4.74 Å². The number of unbranched alkanes of at least 4 members (excludes halogenated alkanes) is 1. The Hall–Kier alpha value is -1.75. The first kappa shape index (κ1) is 16.6. The second kappa shape index (κ2) is 8.63. The molecule has 1 aliphatic carbocycles. The monoisotopic (exact) mass is 306 g/mol. The van der Waals surface area contributed by atoms with Crippen molar-refractivity contribution in [3.05, 3.63) is 24.3 Å². The molecule has 0 aliphatic heterocycles. The van der Waals surface area contributed by atoms with Crippen molar-refractivity contribution in [1.29, 1.82) is 0 Å². The van der Waals surface area contributed by atoms with E-state index < -0.39 is 0 Å². The molecule has 5 nitrogen and oxygen atoms in total. The molecule has 1 aliphatic rings. The van der Waals surface area contributed by atoms with Crippen molar-refractivity contribution < 1.29 is 14.6 Å². The van der Waals surface area contributed by atoms with E-state index in [-0.39, 0.29) is 12.1 Å². The van der Waals surface area contributed by atoms with Crippen LogP contribution in [0, 0.1) is 5.92 Å². The molecule has 22 heavy (non-hydrogen) atoms. The molecule has 1 aromatic carbocycles. The molecule has 122 valence electrons. The number of rotatable bonds is 9. The number of anilines is 1. The molecular formula is C17H26N2O3. The van der Waals surface area contributed by atoms with Gasteiger partial charge in [-0.1, -0.05) is 13.3 Å². The van der Waals surface area contributed by atoms with Crippen LogP contribution in [0.15, 0.2) is 24.3 Å². The standard InChI is InChI=1S/C17H26N2O3/c1-2-3-12-22-15-8-6-14(7-9-15)19-17(21)18-11-10-16(20)13-4-5-13/h6-9,13,16,20H,2-5,10-12H2,1H3,(H2,18,19,21)/t16-/m1/s1. The number of amides is 2. The lowest BCUT2D eigenvalue weighted by Gasteiger charge is -2.11. The van der Waals surface area contributed by atoms with Crippen molar-refractivity contribution in [2.45, 2.75) is 45.1 Å². The number of carbonyl (C=O) groups excluding carboxylic acids is 1. The molecule has 0 heterocycles. The van der Waals surface area contributed by atoms with Crippen LogP contribution < -0.4 is 15.4 Å². The van der Waals surface area contributed by atoms with E-state index in [1.54, 1.807) is 0 Å². The van der Waals surface area contributed by atoms with Crippen LogP contribution in [-0.2, 0) is 0 Å². The number of urea groups is 1. The molecule has 0 radical (unpaired) electrons. The van der Waals surface area contributed by atoms with Crippen molar-refractivity contribution in [3.8, 4) is 5.75 Å². The summed E-state index contributed by atoms with van der Waals surface area (Å²) in [6, 6.07) is 7.09. The Morgan fingerprint density at radius 3 is 2.73 bits per heavy atom. The van der Waals surface area contributed by atoms with Gasteiger partial charge in [-0.2, -0.15) is 0 Å². The minimum atomic E-state index is -0.278. The van der Waals surface area contributed by atoms with Crippen LogP contribution in [0.1, 0.15) is 39.0 Å². The van der Waals surface area contributed by atoms with Gasteiger partial charge in [0.25, 0.3) is 0 Å². The molecule has 0 bridgehead atoms. The topological polar surface area (TPSA) is 70.6 Å². The molecule has 2 amide bonds. The highest BCUT2D eigenvalue weighted by Gasteiger charge is 2.29. The van der Waals surface area contributed by atoms with Crippen LogP contribution >= 0.6 is 0 Å². The maximum atomic E-state index is 11.7. The van der Waals surface area contributed by atoms with E-state index in [1.807, 2.05) is 24.3 Å². The van der Waals surface area contributed by atoms with Crippen LogP contribution in [0.3, 0.4) is 0 Å². The van der Waals surface area contributed by atoms with E-state index in [2.05, 4.69) is 17.6 Å². The van der Waals surface area contributed by atoms with Gasteiger partial charge in [-0.15, -0.1) is 0 Å². The van der Waals surface area contributed by atoms with Crippen molar-refractivity contribution in [1.82, 2.24) is 5.32 Å². The Morgan fingerprint density at radius 1 is 1.36 bits per heavy atom. The lowest BCUT2D eigenvalue weighted by molar-refractivity contribution is 0.142. The molecule has 0 spiro atoms. The zero-order valence-electron chi connectivity index (χ0n) is 13.2. The molecule has 1 atom stereocenters. The molecule has 1 fully saturated rings. The first-order valence-corrected chi connectivity index (χ1v) is 8.15. The number of hydrogen-bond acceptors (Lipinski definition) is 3. The highest BCUT2D eigenvalue weighted by atomic mass is 16.5. The van der Waals surface area contributed by atoms with Crippen molar-refractivity contribution in [3.63, 3.8) is 0 Å². The summed E-state index contributed by atoms with van der Waals surface area (Å²) >= 11 is 0. The average Bonchev–Trinajstić information content (AvgIpc) is 3.34. The lowest BCUT2D eigenvalue weighted by Crippen LogP contribution is -2.31. The van der Waals surface area contributed by atoms with Gasteiger partial charge in [-0.25, -0.2) is 4.79 Å².